The summed E-state index contributed by atoms with van der Waals surface area (Å²) < 4.78 is 10.6. The maximum atomic E-state index is 10.8. The summed E-state index contributed by atoms with van der Waals surface area (Å²) >= 11 is 6.35. The normalized spacial score (nSPS) is 16.8. The van der Waals surface area contributed by atoms with Gasteiger partial charge in [-0.2, -0.15) is 4.99 Å². The van der Waals surface area contributed by atoms with Crippen molar-refractivity contribution in [3.8, 4) is 11.5 Å². The molecule has 19 heavy (non-hydrogen) atoms. The number of rotatable bonds is 4. The second kappa shape index (κ2) is 5.64. The molecule has 0 atom stereocenters. The van der Waals surface area contributed by atoms with E-state index in [-0.39, 0.29) is 0 Å². The van der Waals surface area contributed by atoms with E-state index in [4.69, 9.17) is 21.1 Å². The van der Waals surface area contributed by atoms with Gasteiger partial charge in [0.15, 0.2) is 0 Å². The number of halogens is 1. The van der Waals surface area contributed by atoms with Gasteiger partial charge in [-0.25, -0.2) is 4.79 Å². The highest BCUT2D eigenvalue weighted by Gasteiger charge is 2.40. The molecule has 0 amide bonds. The lowest BCUT2D eigenvalue weighted by atomic mass is 9.88. The molecule has 0 aliphatic heterocycles. The Morgan fingerprint density at radius 1 is 1.26 bits per heavy atom. The molecule has 1 aromatic rings. The Kier molecular flexibility index (Phi) is 4.13. The van der Waals surface area contributed by atoms with Gasteiger partial charge in [0.25, 0.3) is 0 Å². The molecule has 5 heteroatoms. The van der Waals surface area contributed by atoms with Gasteiger partial charge >= 0.3 is 0 Å². The third-order valence-corrected chi connectivity index (χ3v) is 3.94. The molecular formula is C14H16ClNO3. The maximum Gasteiger partial charge on any atom is 0.235 e. The van der Waals surface area contributed by atoms with Gasteiger partial charge in [0.1, 0.15) is 17.0 Å². The van der Waals surface area contributed by atoms with Crippen molar-refractivity contribution < 1.29 is 14.3 Å². The maximum absolute atomic E-state index is 10.8. The van der Waals surface area contributed by atoms with Gasteiger partial charge < -0.3 is 9.47 Å². The van der Waals surface area contributed by atoms with E-state index in [1.165, 1.54) is 0 Å². The second-order valence-electron chi connectivity index (χ2n) is 4.63. The zero-order valence-electron chi connectivity index (χ0n) is 11.0. The predicted octanol–water partition coefficient (Wildman–Crippen LogP) is 3.46. The first-order valence-electron chi connectivity index (χ1n) is 6.18. The van der Waals surface area contributed by atoms with Crippen molar-refractivity contribution in [3.63, 3.8) is 0 Å². The molecule has 0 aromatic heterocycles. The molecule has 0 radical (unpaired) electrons. The Bertz CT molecular complexity index is 518. The van der Waals surface area contributed by atoms with Gasteiger partial charge in [-0.05, 0) is 18.9 Å². The quantitative estimate of drug-likeness (QED) is 0.627. The van der Waals surface area contributed by atoms with Crippen LogP contribution in [0.3, 0.4) is 0 Å². The number of methoxy groups -OCH3 is 2. The first-order valence-corrected chi connectivity index (χ1v) is 6.55. The average molecular weight is 282 g/mol. The summed E-state index contributed by atoms with van der Waals surface area (Å²) in [5, 5.41) is 0.511. The van der Waals surface area contributed by atoms with E-state index in [1.807, 2.05) is 0 Å². The Morgan fingerprint density at radius 3 is 2.47 bits per heavy atom. The van der Waals surface area contributed by atoms with Crippen LogP contribution in [0.2, 0.25) is 5.02 Å². The van der Waals surface area contributed by atoms with E-state index in [0.29, 0.717) is 16.5 Å². The van der Waals surface area contributed by atoms with Crippen molar-refractivity contribution in [2.75, 3.05) is 14.2 Å². The summed E-state index contributed by atoms with van der Waals surface area (Å²) in [4.78, 5) is 14.8. The van der Waals surface area contributed by atoms with Crippen LogP contribution in [0.1, 0.15) is 31.2 Å². The summed E-state index contributed by atoms with van der Waals surface area (Å²) in [6.45, 7) is 0. The highest BCUT2D eigenvalue weighted by Crippen LogP contribution is 2.49. The van der Waals surface area contributed by atoms with Gasteiger partial charge in [0, 0.05) is 11.6 Å². The van der Waals surface area contributed by atoms with E-state index >= 15 is 0 Å². The predicted molar refractivity (Wildman–Crippen MR) is 72.8 cm³/mol. The molecule has 1 aliphatic rings. The van der Waals surface area contributed by atoms with Crippen molar-refractivity contribution in [1.29, 1.82) is 0 Å². The smallest absolute Gasteiger partial charge is 0.235 e. The third-order valence-electron chi connectivity index (χ3n) is 3.64. The first-order chi connectivity index (χ1) is 9.16. The minimum Gasteiger partial charge on any atom is -0.497 e. The largest absolute Gasteiger partial charge is 0.497 e. The van der Waals surface area contributed by atoms with E-state index in [9.17, 15) is 4.79 Å². The van der Waals surface area contributed by atoms with E-state index in [1.54, 1.807) is 32.4 Å². The van der Waals surface area contributed by atoms with E-state index in [0.717, 1.165) is 31.2 Å². The molecule has 0 heterocycles. The zero-order valence-corrected chi connectivity index (χ0v) is 11.8. The molecule has 102 valence electrons. The number of benzene rings is 1. The third kappa shape index (κ3) is 2.46. The SMILES string of the molecule is COc1cc(Cl)c(C2(N=C=O)CCCC2)c(OC)c1. The van der Waals surface area contributed by atoms with Crippen LogP contribution < -0.4 is 9.47 Å². The fourth-order valence-electron chi connectivity index (χ4n) is 2.75. The summed E-state index contributed by atoms with van der Waals surface area (Å²) in [5.41, 5.74) is 0.162. The topological polar surface area (TPSA) is 47.9 Å². The van der Waals surface area contributed by atoms with Crippen LogP contribution in [0.15, 0.2) is 17.1 Å². The Balaban J connectivity index is 2.62. The van der Waals surface area contributed by atoms with Crippen molar-refractivity contribution in [1.82, 2.24) is 0 Å². The molecule has 4 nitrogen and oxygen atoms in total. The zero-order chi connectivity index (χ0) is 13.9. The molecular weight excluding hydrogens is 266 g/mol. The van der Waals surface area contributed by atoms with Crippen LogP contribution >= 0.6 is 11.6 Å². The monoisotopic (exact) mass is 281 g/mol. The van der Waals surface area contributed by atoms with Gasteiger partial charge in [-0.1, -0.05) is 24.4 Å². The minimum absolute atomic E-state index is 0.511. The van der Waals surface area contributed by atoms with E-state index in [2.05, 4.69) is 4.99 Å². The van der Waals surface area contributed by atoms with Gasteiger partial charge in [0.2, 0.25) is 6.08 Å². The van der Waals surface area contributed by atoms with Crippen LogP contribution in [-0.4, -0.2) is 20.3 Å². The second-order valence-corrected chi connectivity index (χ2v) is 5.04. The number of isocyanates is 1. The van der Waals surface area contributed by atoms with Crippen LogP contribution in [0.5, 0.6) is 11.5 Å². The summed E-state index contributed by atoms with van der Waals surface area (Å²) in [5.74, 6) is 1.22. The molecule has 2 rings (SSSR count). The molecule has 0 unspecified atom stereocenters. The molecule has 1 aliphatic carbocycles. The van der Waals surface area contributed by atoms with Crippen molar-refractivity contribution in [2.24, 2.45) is 4.99 Å². The van der Waals surface area contributed by atoms with Crippen molar-refractivity contribution >= 4 is 17.7 Å². The Morgan fingerprint density at radius 2 is 1.95 bits per heavy atom. The molecule has 1 fully saturated rings. The summed E-state index contributed by atoms with van der Waals surface area (Å²) in [7, 11) is 3.14. The van der Waals surface area contributed by atoms with Crippen molar-refractivity contribution in [3.05, 3.63) is 22.7 Å². The van der Waals surface area contributed by atoms with E-state index < -0.39 is 5.54 Å². The molecule has 0 saturated heterocycles. The number of nitrogens with zero attached hydrogens (tertiary/aromatic N) is 1. The highest BCUT2D eigenvalue weighted by atomic mass is 35.5. The standard InChI is InChI=1S/C14H16ClNO3/c1-18-10-7-11(15)13(12(8-10)19-2)14(16-9-17)5-3-4-6-14/h7-8H,3-6H2,1-2H3. The number of aliphatic imine (C=N–C) groups is 1. The fourth-order valence-corrected chi connectivity index (χ4v) is 3.13. The highest BCUT2D eigenvalue weighted by molar-refractivity contribution is 6.31. The molecule has 1 aromatic carbocycles. The number of carbonyl (C=O) groups excluding carboxylic acids is 1. The first kappa shape index (κ1) is 13.9. The summed E-state index contributed by atoms with van der Waals surface area (Å²) in [6.07, 6.45) is 5.27. The van der Waals surface area contributed by atoms with Crippen molar-refractivity contribution in [2.45, 2.75) is 31.2 Å². The lowest BCUT2D eigenvalue weighted by Gasteiger charge is -2.26. The molecule has 0 bridgehead atoms. The molecule has 0 spiro atoms. The van der Waals surface area contributed by atoms with Gasteiger partial charge in [-0.15, -0.1) is 0 Å². The summed E-state index contributed by atoms with van der Waals surface area (Å²) in [6, 6.07) is 3.49. The molecule has 1 saturated carbocycles. The Labute approximate surface area is 117 Å². The lowest BCUT2D eigenvalue weighted by molar-refractivity contribution is 0.370. The molecule has 0 N–H and O–H groups in total. The lowest BCUT2D eigenvalue weighted by Crippen LogP contribution is -2.20. The average Bonchev–Trinajstić information content (AvgIpc) is 2.87. The fraction of sp³-hybridized carbons (Fsp3) is 0.500. The van der Waals surface area contributed by atoms with Gasteiger partial charge in [-0.3, -0.25) is 0 Å². The number of ether oxygens (including phenoxy) is 2. The minimum atomic E-state index is -0.601. The number of hydrogen-bond donors (Lipinski definition) is 0. The van der Waals surface area contributed by atoms with Crippen LogP contribution in [-0.2, 0) is 10.3 Å². The van der Waals surface area contributed by atoms with Crippen LogP contribution in [0, 0.1) is 0 Å². The van der Waals surface area contributed by atoms with Gasteiger partial charge in [0.05, 0.1) is 19.2 Å². The Hall–Kier alpha value is -1.51. The van der Waals surface area contributed by atoms with Crippen LogP contribution in [0.25, 0.3) is 0 Å². The number of hydrogen-bond acceptors (Lipinski definition) is 4. The van der Waals surface area contributed by atoms with Crippen LogP contribution in [0.4, 0.5) is 0 Å².